The van der Waals surface area contributed by atoms with Crippen molar-refractivity contribution in [2.75, 3.05) is 26.3 Å². The molecule has 1 unspecified atom stereocenters. The Labute approximate surface area is 120 Å². The molecule has 1 amide bonds. The van der Waals surface area contributed by atoms with Crippen LogP contribution in [0.25, 0.3) is 0 Å². The highest BCUT2D eigenvalue weighted by Gasteiger charge is 2.20. The van der Waals surface area contributed by atoms with Crippen molar-refractivity contribution in [2.45, 2.75) is 31.7 Å². The summed E-state index contributed by atoms with van der Waals surface area (Å²) in [5.41, 5.74) is 1.39. The highest BCUT2D eigenvalue weighted by molar-refractivity contribution is 5.81. The van der Waals surface area contributed by atoms with Crippen LogP contribution >= 0.6 is 0 Å². The van der Waals surface area contributed by atoms with E-state index < -0.39 is 0 Å². The summed E-state index contributed by atoms with van der Waals surface area (Å²) in [5.74, 6) is 0.0627. The normalized spacial score (nSPS) is 18.7. The van der Waals surface area contributed by atoms with Crippen molar-refractivity contribution in [3.8, 4) is 0 Å². The van der Waals surface area contributed by atoms with E-state index in [-0.39, 0.29) is 11.9 Å². The molecule has 1 heterocycles. The molecule has 2 rings (SSSR count). The second-order valence-electron chi connectivity index (χ2n) is 5.17. The number of unbranched alkanes of at least 4 members (excludes halogenated alkanes) is 2. The topological polar surface area (TPSA) is 50.4 Å². The number of carbonyl (C=O) groups excluding carboxylic acids is 1. The first kappa shape index (κ1) is 15.0. The van der Waals surface area contributed by atoms with E-state index in [0.29, 0.717) is 13.2 Å². The minimum atomic E-state index is -0.173. The van der Waals surface area contributed by atoms with Crippen molar-refractivity contribution in [1.82, 2.24) is 10.6 Å². The summed E-state index contributed by atoms with van der Waals surface area (Å²) in [6.07, 6.45) is 4.47. The fourth-order valence-corrected chi connectivity index (χ4v) is 2.34. The first-order chi connectivity index (χ1) is 9.86. The van der Waals surface area contributed by atoms with Crippen LogP contribution in [-0.2, 0) is 16.0 Å². The van der Waals surface area contributed by atoms with E-state index in [1.165, 1.54) is 12.0 Å². The molecular formula is C16H24N2O2. The lowest BCUT2D eigenvalue weighted by atomic mass is 10.1. The van der Waals surface area contributed by atoms with Gasteiger partial charge in [-0.15, -0.1) is 0 Å². The molecule has 1 aromatic rings. The van der Waals surface area contributed by atoms with Crippen LogP contribution in [0.15, 0.2) is 30.3 Å². The van der Waals surface area contributed by atoms with Crippen LogP contribution in [-0.4, -0.2) is 38.3 Å². The lowest BCUT2D eigenvalue weighted by molar-refractivity contribution is -0.125. The van der Waals surface area contributed by atoms with Gasteiger partial charge in [-0.1, -0.05) is 36.8 Å². The van der Waals surface area contributed by atoms with Gasteiger partial charge in [0.15, 0.2) is 0 Å². The molecule has 1 aliphatic rings. The molecule has 20 heavy (non-hydrogen) atoms. The number of nitrogens with one attached hydrogen (secondary N) is 2. The van der Waals surface area contributed by atoms with Crippen molar-refractivity contribution in [3.05, 3.63) is 35.9 Å². The lowest BCUT2D eigenvalue weighted by Gasteiger charge is -2.22. The average molecular weight is 276 g/mol. The first-order valence-corrected chi connectivity index (χ1v) is 7.49. The van der Waals surface area contributed by atoms with E-state index in [1.54, 1.807) is 0 Å². The number of hydrogen-bond acceptors (Lipinski definition) is 3. The molecule has 0 spiro atoms. The summed E-state index contributed by atoms with van der Waals surface area (Å²) in [4.78, 5) is 11.8. The second kappa shape index (κ2) is 8.72. The largest absolute Gasteiger partial charge is 0.378 e. The van der Waals surface area contributed by atoms with E-state index in [1.807, 2.05) is 6.07 Å². The van der Waals surface area contributed by atoms with Crippen LogP contribution in [0.2, 0.25) is 0 Å². The molecule has 0 bridgehead atoms. The van der Waals surface area contributed by atoms with Crippen molar-refractivity contribution >= 4 is 5.91 Å². The molecule has 0 aromatic heterocycles. The average Bonchev–Trinajstić information content (AvgIpc) is 2.52. The zero-order valence-electron chi connectivity index (χ0n) is 11.9. The number of aryl methyl sites for hydroxylation is 1. The standard InChI is InChI=1S/C16H24N2O2/c19-16(15-13-20-12-11-17-15)18-10-6-2-5-9-14-7-3-1-4-8-14/h1,3-4,7-8,15,17H,2,5-6,9-13H2,(H,18,19). The highest BCUT2D eigenvalue weighted by atomic mass is 16.5. The molecule has 0 saturated carbocycles. The van der Waals surface area contributed by atoms with Gasteiger partial charge in [-0.2, -0.15) is 0 Å². The maximum Gasteiger partial charge on any atom is 0.239 e. The summed E-state index contributed by atoms with van der Waals surface area (Å²) < 4.78 is 5.27. The zero-order chi connectivity index (χ0) is 14.0. The third kappa shape index (κ3) is 5.31. The Hall–Kier alpha value is -1.39. The molecule has 1 saturated heterocycles. The molecule has 0 aliphatic carbocycles. The number of morpholine rings is 1. The fraction of sp³-hybridized carbons (Fsp3) is 0.562. The number of amides is 1. The zero-order valence-corrected chi connectivity index (χ0v) is 11.9. The number of carbonyl (C=O) groups is 1. The molecule has 0 radical (unpaired) electrons. The van der Waals surface area contributed by atoms with E-state index in [2.05, 4.69) is 34.9 Å². The molecule has 4 heteroatoms. The van der Waals surface area contributed by atoms with E-state index in [9.17, 15) is 4.79 Å². The maximum absolute atomic E-state index is 11.8. The molecule has 1 aliphatic heterocycles. The summed E-state index contributed by atoms with van der Waals surface area (Å²) in [6, 6.07) is 10.4. The van der Waals surface area contributed by atoms with Gasteiger partial charge in [0.1, 0.15) is 6.04 Å². The highest BCUT2D eigenvalue weighted by Crippen LogP contribution is 2.05. The molecule has 1 atom stereocenters. The third-order valence-corrected chi connectivity index (χ3v) is 3.52. The van der Waals surface area contributed by atoms with Crippen LogP contribution in [0.5, 0.6) is 0 Å². The van der Waals surface area contributed by atoms with E-state index in [4.69, 9.17) is 4.74 Å². The number of benzene rings is 1. The van der Waals surface area contributed by atoms with Gasteiger partial charge < -0.3 is 15.4 Å². The van der Waals surface area contributed by atoms with E-state index in [0.717, 1.165) is 32.4 Å². The molecular weight excluding hydrogens is 252 g/mol. The first-order valence-electron chi connectivity index (χ1n) is 7.49. The Morgan fingerprint density at radius 3 is 2.85 bits per heavy atom. The van der Waals surface area contributed by atoms with Crippen molar-refractivity contribution in [1.29, 1.82) is 0 Å². The summed E-state index contributed by atoms with van der Waals surface area (Å²) in [7, 11) is 0. The molecule has 4 nitrogen and oxygen atoms in total. The van der Waals surface area contributed by atoms with Crippen molar-refractivity contribution < 1.29 is 9.53 Å². The number of ether oxygens (including phenoxy) is 1. The maximum atomic E-state index is 11.8. The molecule has 1 fully saturated rings. The van der Waals surface area contributed by atoms with Gasteiger partial charge in [0.05, 0.1) is 13.2 Å². The minimum Gasteiger partial charge on any atom is -0.378 e. The monoisotopic (exact) mass is 276 g/mol. The van der Waals surface area contributed by atoms with Gasteiger partial charge in [-0.25, -0.2) is 0 Å². The Bertz CT molecular complexity index is 389. The Kier molecular flexibility index (Phi) is 6.54. The van der Waals surface area contributed by atoms with Gasteiger partial charge in [0.2, 0.25) is 5.91 Å². The predicted octanol–water partition coefficient (Wildman–Crippen LogP) is 1.50. The Balaban J connectivity index is 1.50. The predicted molar refractivity (Wildman–Crippen MR) is 79.6 cm³/mol. The van der Waals surface area contributed by atoms with Gasteiger partial charge in [0, 0.05) is 13.1 Å². The quantitative estimate of drug-likeness (QED) is 0.742. The van der Waals surface area contributed by atoms with Crippen LogP contribution in [0, 0.1) is 0 Å². The SMILES string of the molecule is O=C(NCCCCCc1ccccc1)C1COCCN1. The molecule has 110 valence electrons. The molecule has 2 N–H and O–H groups in total. The summed E-state index contributed by atoms with van der Waals surface area (Å²) in [5, 5.41) is 6.12. The summed E-state index contributed by atoms with van der Waals surface area (Å²) in [6.45, 7) is 2.70. The smallest absolute Gasteiger partial charge is 0.239 e. The van der Waals surface area contributed by atoms with Crippen LogP contribution in [0.1, 0.15) is 24.8 Å². The third-order valence-electron chi connectivity index (χ3n) is 3.52. The lowest BCUT2D eigenvalue weighted by Crippen LogP contribution is -2.51. The number of rotatable bonds is 7. The van der Waals surface area contributed by atoms with Gasteiger partial charge in [-0.3, -0.25) is 4.79 Å². The second-order valence-corrected chi connectivity index (χ2v) is 5.17. The Morgan fingerprint density at radius 2 is 2.10 bits per heavy atom. The fourth-order valence-electron chi connectivity index (χ4n) is 2.34. The Morgan fingerprint density at radius 1 is 1.25 bits per heavy atom. The van der Waals surface area contributed by atoms with Crippen LogP contribution < -0.4 is 10.6 Å². The minimum absolute atomic E-state index is 0.0627. The van der Waals surface area contributed by atoms with Crippen molar-refractivity contribution in [2.24, 2.45) is 0 Å². The van der Waals surface area contributed by atoms with Crippen LogP contribution in [0.3, 0.4) is 0 Å². The van der Waals surface area contributed by atoms with Gasteiger partial charge >= 0.3 is 0 Å². The van der Waals surface area contributed by atoms with Crippen molar-refractivity contribution in [3.63, 3.8) is 0 Å². The van der Waals surface area contributed by atoms with Crippen LogP contribution in [0.4, 0.5) is 0 Å². The molecule has 1 aromatic carbocycles. The summed E-state index contributed by atoms with van der Waals surface area (Å²) >= 11 is 0. The van der Waals surface area contributed by atoms with Gasteiger partial charge in [0.25, 0.3) is 0 Å². The van der Waals surface area contributed by atoms with E-state index >= 15 is 0 Å². The van der Waals surface area contributed by atoms with Gasteiger partial charge in [-0.05, 0) is 24.8 Å². The number of hydrogen-bond donors (Lipinski definition) is 2.